The van der Waals surface area contributed by atoms with Crippen molar-refractivity contribution in [1.82, 2.24) is 5.32 Å². The molecular weight excluding hydrogens is 391 g/mol. The van der Waals surface area contributed by atoms with Gasteiger partial charge in [0.15, 0.2) is 0 Å². The first-order valence-electron chi connectivity index (χ1n) is 5.59. The van der Waals surface area contributed by atoms with E-state index in [-0.39, 0.29) is 18.9 Å². The molecule has 1 rings (SSSR count). The van der Waals surface area contributed by atoms with Crippen LogP contribution in [0.15, 0.2) is 27.1 Å². The minimum atomic E-state index is -4.13. The van der Waals surface area contributed by atoms with Crippen molar-refractivity contribution in [1.29, 1.82) is 0 Å². The van der Waals surface area contributed by atoms with Gasteiger partial charge in [-0.25, -0.2) is 0 Å². The topological polar surface area (TPSA) is 29.1 Å². The highest BCUT2D eigenvalue weighted by molar-refractivity contribution is 9.11. The van der Waals surface area contributed by atoms with Crippen molar-refractivity contribution in [3.63, 3.8) is 0 Å². The summed E-state index contributed by atoms with van der Waals surface area (Å²) in [5.41, 5.74) is 0.457. The molecule has 2 nitrogen and oxygen atoms in total. The molecule has 0 atom stereocenters. The van der Waals surface area contributed by atoms with E-state index in [1.54, 1.807) is 18.2 Å². The molecule has 0 spiro atoms. The number of benzene rings is 1. The van der Waals surface area contributed by atoms with Crippen molar-refractivity contribution in [3.05, 3.63) is 32.7 Å². The Balaban J connectivity index is 2.36. The van der Waals surface area contributed by atoms with Crippen LogP contribution in [0.4, 0.5) is 13.2 Å². The third-order valence-corrected chi connectivity index (χ3v) is 3.50. The van der Waals surface area contributed by atoms with E-state index in [2.05, 4.69) is 37.2 Å². The highest BCUT2D eigenvalue weighted by Gasteiger charge is 2.25. The smallest absolute Gasteiger partial charge is 0.352 e. The summed E-state index contributed by atoms with van der Waals surface area (Å²) >= 11 is 6.53. The van der Waals surface area contributed by atoms with Crippen LogP contribution in [0, 0.1) is 0 Å². The van der Waals surface area contributed by atoms with Crippen LogP contribution >= 0.6 is 31.9 Å². The third-order valence-electron chi connectivity index (χ3n) is 2.35. The van der Waals surface area contributed by atoms with E-state index in [0.29, 0.717) is 16.5 Å². The number of hydrogen-bond acceptors (Lipinski definition) is 1. The van der Waals surface area contributed by atoms with E-state index in [0.717, 1.165) is 4.47 Å². The van der Waals surface area contributed by atoms with Crippen LogP contribution in [0.5, 0.6) is 0 Å². The first-order valence-corrected chi connectivity index (χ1v) is 7.18. The van der Waals surface area contributed by atoms with E-state index in [1.807, 2.05) is 0 Å². The van der Waals surface area contributed by atoms with Crippen molar-refractivity contribution < 1.29 is 18.0 Å². The highest BCUT2D eigenvalue weighted by Crippen LogP contribution is 2.23. The van der Waals surface area contributed by atoms with Gasteiger partial charge in [-0.2, -0.15) is 13.2 Å². The van der Waals surface area contributed by atoms with Crippen LogP contribution in [-0.2, 0) is 0 Å². The van der Waals surface area contributed by atoms with Crippen LogP contribution < -0.4 is 5.32 Å². The third kappa shape index (κ3) is 6.42. The van der Waals surface area contributed by atoms with Crippen LogP contribution in [0.2, 0.25) is 0 Å². The van der Waals surface area contributed by atoms with Crippen molar-refractivity contribution in [2.24, 2.45) is 0 Å². The Morgan fingerprint density at radius 1 is 1.21 bits per heavy atom. The summed E-state index contributed by atoms with van der Waals surface area (Å²) in [6.07, 6.45) is -4.62. The molecule has 7 heteroatoms. The molecule has 0 radical (unpaired) electrons. The number of halogens is 5. The average molecular weight is 403 g/mol. The fourth-order valence-corrected chi connectivity index (χ4v) is 2.65. The molecule has 0 aromatic heterocycles. The van der Waals surface area contributed by atoms with Crippen molar-refractivity contribution in [2.75, 3.05) is 6.54 Å². The van der Waals surface area contributed by atoms with Crippen molar-refractivity contribution >= 4 is 37.8 Å². The molecule has 0 aliphatic carbocycles. The van der Waals surface area contributed by atoms with Gasteiger partial charge in [0.1, 0.15) is 0 Å². The standard InChI is InChI=1S/C12H12Br2F3NO/c13-8-3-4-9(10(14)7-8)11(19)18-6-2-1-5-12(15,16)17/h3-4,7H,1-2,5-6H2,(H,18,19). The maximum absolute atomic E-state index is 11.9. The molecule has 0 bridgehead atoms. The minimum Gasteiger partial charge on any atom is -0.352 e. The molecule has 0 aliphatic heterocycles. The number of rotatable bonds is 5. The number of nitrogens with one attached hydrogen (secondary N) is 1. The summed E-state index contributed by atoms with van der Waals surface area (Å²) < 4.78 is 37.2. The van der Waals surface area contributed by atoms with Gasteiger partial charge < -0.3 is 5.32 Å². The fraction of sp³-hybridized carbons (Fsp3) is 0.417. The second-order valence-corrected chi connectivity index (χ2v) is 5.72. The Labute approximate surface area is 126 Å². The monoisotopic (exact) mass is 401 g/mol. The van der Waals surface area contributed by atoms with E-state index < -0.39 is 12.6 Å². The predicted octanol–water partition coefficient (Wildman–Crippen LogP) is 4.67. The van der Waals surface area contributed by atoms with Gasteiger partial charge in [0, 0.05) is 21.9 Å². The lowest BCUT2D eigenvalue weighted by molar-refractivity contribution is -0.135. The molecular formula is C12H12Br2F3NO. The number of amides is 1. The summed E-state index contributed by atoms with van der Waals surface area (Å²) in [6, 6.07) is 5.10. The van der Waals surface area contributed by atoms with Crippen LogP contribution in [-0.4, -0.2) is 18.6 Å². The van der Waals surface area contributed by atoms with Gasteiger partial charge in [-0.3, -0.25) is 4.79 Å². The predicted molar refractivity (Wildman–Crippen MR) is 74.1 cm³/mol. The van der Waals surface area contributed by atoms with E-state index in [1.165, 1.54) is 0 Å². The Hall–Kier alpha value is -0.560. The zero-order chi connectivity index (χ0) is 14.5. The largest absolute Gasteiger partial charge is 0.389 e. The summed E-state index contributed by atoms with van der Waals surface area (Å²) in [4.78, 5) is 11.8. The van der Waals surface area contributed by atoms with E-state index in [9.17, 15) is 18.0 Å². The maximum atomic E-state index is 11.9. The van der Waals surface area contributed by atoms with Crippen LogP contribution in [0.1, 0.15) is 29.6 Å². The number of unbranched alkanes of at least 4 members (excludes halogenated alkanes) is 1. The second-order valence-electron chi connectivity index (χ2n) is 3.95. The lowest BCUT2D eigenvalue weighted by Gasteiger charge is -2.08. The molecule has 19 heavy (non-hydrogen) atoms. The number of carbonyl (C=O) groups excluding carboxylic acids is 1. The molecule has 0 saturated carbocycles. The molecule has 106 valence electrons. The van der Waals surface area contributed by atoms with Crippen molar-refractivity contribution in [2.45, 2.75) is 25.4 Å². The molecule has 1 amide bonds. The van der Waals surface area contributed by atoms with Gasteiger partial charge in [-0.1, -0.05) is 15.9 Å². The quantitative estimate of drug-likeness (QED) is 0.712. The molecule has 0 aliphatic rings. The van der Waals surface area contributed by atoms with Crippen molar-refractivity contribution in [3.8, 4) is 0 Å². The second kappa shape index (κ2) is 7.28. The lowest BCUT2D eigenvalue weighted by atomic mass is 10.2. The Bertz CT molecular complexity index is 449. The first kappa shape index (κ1) is 16.5. The van der Waals surface area contributed by atoms with Gasteiger partial charge in [0.25, 0.3) is 5.91 Å². The normalized spacial score (nSPS) is 11.4. The summed E-state index contributed by atoms with van der Waals surface area (Å²) in [6.45, 7) is 0.234. The highest BCUT2D eigenvalue weighted by atomic mass is 79.9. The maximum Gasteiger partial charge on any atom is 0.389 e. The molecule has 0 saturated heterocycles. The zero-order valence-corrected chi connectivity index (χ0v) is 13.0. The van der Waals surface area contributed by atoms with Gasteiger partial charge in [0.05, 0.1) is 5.56 Å². The van der Waals surface area contributed by atoms with Crippen LogP contribution in [0.25, 0.3) is 0 Å². The number of alkyl halides is 3. The Morgan fingerprint density at radius 2 is 1.89 bits per heavy atom. The van der Waals surface area contributed by atoms with E-state index in [4.69, 9.17) is 0 Å². The summed E-state index contributed by atoms with van der Waals surface area (Å²) in [5, 5.41) is 2.59. The van der Waals surface area contributed by atoms with Gasteiger partial charge in [0.2, 0.25) is 0 Å². The van der Waals surface area contributed by atoms with Gasteiger partial charge in [-0.15, -0.1) is 0 Å². The number of carbonyl (C=O) groups is 1. The molecule has 0 heterocycles. The molecule has 0 fully saturated rings. The lowest BCUT2D eigenvalue weighted by Crippen LogP contribution is -2.25. The van der Waals surface area contributed by atoms with Gasteiger partial charge in [-0.05, 0) is 47.0 Å². The molecule has 1 N–H and O–H groups in total. The first-order chi connectivity index (χ1) is 8.79. The SMILES string of the molecule is O=C(NCCCCC(F)(F)F)c1ccc(Br)cc1Br. The van der Waals surface area contributed by atoms with Crippen LogP contribution in [0.3, 0.4) is 0 Å². The summed E-state index contributed by atoms with van der Waals surface area (Å²) in [7, 11) is 0. The fourth-order valence-electron chi connectivity index (χ4n) is 1.42. The van der Waals surface area contributed by atoms with E-state index >= 15 is 0 Å². The number of hydrogen-bond donors (Lipinski definition) is 1. The average Bonchev–Trinajstić information content (AvgIpc) is 2.26. The Morgan fingerprint density at radius 3 is 2.47 bits per heavy atom. The minimum absolute atomic E-state index is 0.0191. The molecule has 1 aromatic carbocycles. The molecule has 1 aromatic rings. The zero-order valence-electron chi connectivity index (χ0n) is 9.86. The van der Waals surface area contributed by atoms with Gasteiger partial charge >= 0.3 is 6.18 Å². The molecule has 0 unspecified atom stereocenters. The summed E-state index contributed by atoms with van der Waals surface area (Å²) in [5.74, 6) is -0.300. The Kier molecular flexibility index (Phi) is 6.32.